The zero-order chi connectivity index (χ0) is 13.4. The molecule has 19 heavy (non-hydrogen) atoms. The lowest BCUT2D eigenvalue weighted by Crippen LogP contribution is -1.92. The Balaban J connectivity index is 2.31. The van der Waals surface area contributed by atoms with E-state index in [2.05, 4.69) is 10.2 Å². The van der Waals surface area contributed by atoms with Gasteiger partial charge in [0.2, 0.25) is 0 Å². The second-order valence-corrected chi connectivity index (χ2v) is 4.71. The summed E-state index contributed by atoms with van der Waals surface area (Å²) in [6.45, 7) is 1.73. The first-order chi connectivity index (χ1) is 9.16. The van der Waals surface area contributed by atoms with Gasteiger partial charge in [-0.15, -0.1) is 10.2 Å². The number of halogens is 2. The van der Waals surface area contributed by atoms with Crippen molar-refractivity contribution >= 4 is 22.4 Å². The molecule has 0 atom stereocenters. The Bertz CT molecular complexity index is 771. The van der Waals surface area contributed by atoms with Gasteiger partial charge in [-0.1, -0.05) is 35.9 Å². The van der Waals surface area contributed by atoms with E-state index < -0.39 is 0 Å². The molecular weight excluding hydrogens is 263 g/mol. The van der Waals surface area contributed by atoms with E-state index in [1.807, 2.05) is 24.3 Å². The van der Waals surface area contributed by atoms with Gasteiger partial charge < -0.3 is 0 Å². The Morgan fingerprint density at radius 1 is 1.00 bits per heavy atom. The van der Waals surface area contributed by atoms with Crippen LogP contribution in [0.25, 0.3) is 22.0 Å². The summed E-state index contributed by atoms with van der Waals surface area (Å²) in [6, 6.07) is 12.5. The largest absolute Gasteiger partial charge is 0.207 e. The third-order valence-electron chi connectivity index (χ3n) is 3.07. The molecule has 0 saturated carbocycles. The minimum atomic E-state index is -0.227. The van der Waals surface area contributed by atoms with Crippen LogP contribution in [0.5, 0.6) is 0 Å². The maximum atomic E-state index is 13.3. The summed E-state index contributed by atoms with van der Waals surface area (Å²) in [7, 11) is 0. The molecule has 2 aromatic carbocycles. The van der Waals surface area contributed by atoms with E-state index in [4.69, 9.17) is 11.6 Å². The third-order valence-corrected chi connectivity index (χ3v) is 3.35. The van der Waals surface area contributed by atoms with Crippen molar-refractivity contribution in [2.45, 2.75) is 6.92 Å². The molecule has 0 aliphatic carbocycles. The van der Waals surface area contributed by atoms with Crippen LogP contribution in [0.4, 0.5) is 4.39 Å². The predicted molar refractivity (Wildman–Crippen MR) is 74.7 cm³/mol. The van der Waals surface area contributed by atoms with Crippen LogP contribution in [0.15, 0.2) is 42.5 Å². The summed E-state index contributed by atoms with van der Waals surface area (Å²) < 4.78 is 13.3. The Hall–Kier alpha value is -2.00. The number of hydrogen-bond acceptors (Lipinski definition) is 2. The van der Waals surface area contributed by atoms with Gasteiger partial charge in [0, 0.05) is 16.3 Å². The van der Waals surface area contributed by atoms with Gasteiger partial charge in [-0.3, -0.25) is 0 Å². The number of hydrogen-bond donors (Lipinski definition) is 0. The molecule has 1 heterocycles. The van der Waals surface area contributed by atoms with E-state index in [0.29, 0.717) is 16.4 Å². The number of benzene rings is 2. The highest BCUT2D eigenvalue weighted by Crippen LogP contribution is 2.30. The second kappa shape index (κ2) is 4.59. The molecule has 3 rings (SSSR count). The first-order valence-electron chi connectivity index (χ1n) is 5.84. The molecule has 1 aromatic heterocycles. The fraction of sp³-hybridized carbons (Fsp3) is 0.0667. The molecule has 0 radical (unpaired) electrons. The summed E-state index contributed by atoms with van der Waals surface area (Å²) >= 11 is 6.04. The zero-order valence-electron chi connectivity index (χ0n) is 10.2. The van der Waals surface area contributed by atoms with E-state index in [0.717, 1.165) is 16.3 Å². The summed E-state index contributed by atoms with van der Waals surface area (Å²) in [5, 5.41) is 10.2. The van der Waals surface area contributed by atoms with Crippen LogP contribution in [0.1, 0.15) is 5.56 Å². The number of aromatic nitrogens is 2. The molecule has 0 N–H and O–H groups in total. The Morgan fingerprint density at radius 3 is 2.47 bits per heavy atom. The molecule has 2 nitrogen and oxygen atoms in total. The number of aryl methyl sites for hydroxylation is 1. The van der Waals surface area contributed by atoms with Crippen LogP contribution in [0.3, 0.4) is 0 Å². The molecular formula is C15H10ClFN2. The maximum Gasteiger partial charge on any atom is 0.159 e. The van der Waals surface area contributed by atoms with E-state index in [-0.39, 0.29) is 5.82 Å². The fourth-order valence-electron chi connectivity index (χ4n) is 2.08. The van der Waals surface area contributed by atoms with Crippen molar-refractivity contribution in [3.05, 3.63) is 59.0 Å². The van der Waals surface area contributed by atoms with Crippen LogP contribution >= 0.6 is 11.6 Å². The highest BCUT2D eigenvalue weighted by atomic mass is 35.5. The van der Waals surface area contributed by atoms with Gasteiger partial charge in [-0.05, 0) is 30.7 Å². The van der Waals surface area contributed by atoms with Crippen LogP contribution in [-0.4, -0.2) is 10.2 Å². The van der Waals surface area contributed by atoms with Crippen molar-refractivity contribution in [3.8, 4) is 11.3 Å². The van der Waals surface area contributed by atoms with Gasteiger partial charge in [-0.25, -0.2) is 4.39 Å². The lowest BCUT2D eigenvalue weighted by atomic mass is 10.0. The first-order valence-corrected chi connectivity index (χ1v) is 6.22. The minimum absolute atomic E-state index is 0.227. The topological polar surface area (TPSA) is 25.8 Å². The third kappa shape index (κ3) is 2.06. The highest BCUT2D eigenvalue weighted by molar-refractivity contribution is 6.34. The average Bonchev–Trinajstić information content (AvgIpc) is 2.43. The predicted octanol–water partition coefficient (Wildman–Crippen LogP) is 4.40. The summed E-state index contributed by atoms with van der Waals surface area (Å²) in [5.74, 6) is -0.227. The van der Waals surface area contributed by atoms with Crippen LogP contribution in [-0.2, 0) is 0 Å². The molecule has 4 heteroatoms. The van der Waals surface area contributed by atoms with Gasteiger partial charge in [0.05, 0.1) is 0 Å². The van der Waals surface area contributed by atoms with Crippen molar-refractivity contribution in [1.82, 2.24) is 10.2 Å². The number of fused-ring (bicyclic) bond motifs is 1. The molecule has 0 aliphatic heterocycles. The SMILES string of the molecule is Cc1cc(-c2nnc(Cl)c3ccccc23)ccc1F. The standard InChI is InChI=1S/C15H10ClFN2/c1-9-8-10(6-7-13(9)17)14-11-4-2-3-5-12(11)15(16)19-18-14/h2-8H,1H3. The molecule has 0 bridgehead atoms. The quantitative estimate of drug-likeness (QED) is 0.656. The first kappa shape index (κ1) is 12.1. The molecule has 0 amide bonds. The number of nitrogens with zero attached hydrogens (tertiary/aromatic N) is 2. The Kier molecular flexibility index (Phi) is 2.91. The van der Waals surface area contributed by atoms with Gasteiger partial charge in [0.1, 0.15) is 11.5 Å². The molecule has 3 aromatic rings. The van der Waals surface area contributed by atoms with Gasteiger partial charge >= 0.3 is 0 Å². The van der Waals surface area contributed by atoms with Crippen molar-refractivity contribution in [1.29, 1.82) is 0 Å². The van der Waals surface area contributed by atoms with Crippen LogP contribution < -0.4 is 0 Å². The van der Waals surface area contributed by atoms with Gasteiger partial charge in [0.15, 0.2) is 5.15 Å². The lowest BCUT2D eigenvalue weighted by molar-refractivity contribution is 0.619. The Labute approximate surface area is 114 Å². The summed E-state index contributed by atoms with van der Waals surface area (Å²) in [6.07, 6.45) is 0. The maximum absolute atomic E-state index is 13.3. The normalized spacial score (nSPS) is 10.9. The van der Waals surface area contributed by atoms with E-state index >= 15 is 0 Å². The van der Waals surface area contributed by atoms with Crippen molar-refractivity contribution in [3.63, 3.8) is 0 Å². The fourth-order valence-corrected chi connectivity index (χ4v) is 2.28. The van der Waals surface area contributed by atoms with Crippen molar-refractivity contribution in [2.75, 3.05) is 0 Å². The van der Waals surface area contributed by atoms with Crippen molar-refractivity contribution < 1.29 is 4.39 Å². The van der Waals surface area contributed by atoms with Crippen LogP contribution in [0, 0.1) is 12.7 Å². The van der Waals surface area contributed by atoms with Crippen molar-refractivity contribution in [2.24, 2.45) is 0 Å². The van der Waals surface area contributed by atoms with E-state index in [9.17, 15) is 4.39 Å². The number of rotatable bonds is 1. The average molecular weight is 273 g/mol. The lowest BCUT2D eigenvalue weighted by Gasteiger charge is -2.07. The molecule has 0 unspecified atom stereocenters. The van der Waals surface area contributed by atoms with Gasteiger partial charge in [0.25, 0.3) is 0 Å². The van der Waals surface area contributed by atoms with E-state index in [1.165, 1.54) is 6.07 Å². The highest BCUT2D eigenvalue weighted by Gasteiger charge is 2.10. The molecule has 94 valence electrons. The Morgan fingerprint density at radius 2 is 1.74 bits per heavy atom. The van der Waals surface area contributed by atoms with Gasteiger partial charge in [-0.2, -0.15) is 0 Å². The monoisotopic (exact) mass is 272 g/mol. The zero-order valence-corrected chi connectivity index (χ0v) is 10.9. The smallest absolute Gasteiger partial charge is 0.159 e. The van der Waals surface area contributed by atoms with Crippen LogP contribution in [0.2, 0.25) is 5.15 Å². The molecule has 0 fully saturated rings. The minimum Gasteiger partial charge on any atom is -0.207 e. The summed E-state index contributed by atoms with van der Waals surface area (Å²) in [5.41, 5.74) is 2.13. The molecule has 0 saturated heterocycles. The molecule has 0 aliphatic rings. The van der Waals surface area contributed by atoms with E-state index in [1.54, 1.807) is 19.1 Å². The molecule has 0 spiro atoms. The summed E-state index contributed by atoms with van der Waals surface area (Å²) in [4.78, 5) is 0. The second-order valence-electron chi connectivity index (χ2n) is 4.35.